The van der Waals surface area contributed by atoms with E-state index in [1.54, 1.807) is 23.5 Å². The highest BCUT2D eigenvalue weighted by molar-refractivity contribution is 7.09. The average Bonchev–Trinajstić information content (AvgIpc) is 3.28. The number of aromatic nitrogens is 1. The number of nitrogens with one attached hydrogen (secondary N) is 2. The van der Waals surface area contributed by atoms with Crippen molar-refractivity contribution < 1.29 is 4.39 Å². The molecule has 1 saturated carbocycles. The predicted octanol–water partition coefficient (Wildman–Crippen LogP) is 3.42. The number of thiazole rings is 1. The molecular formula is C19H25FN4S. The van der Waals surface area contributed by atoms with Crippen molar-refractivity contribution in [2.24, 2.45) is 4.99 Å². The van der Waals surface area contributed by atoms with Crippen molar-refractivity contribution in [3.63, 3.8) is 0 Å². The van der Waals surface area contributed by atoms with Crippen LogP contribution in [0.15, 0.2) is 34.6 Å². The third kappa shape index (κ3) is 4.78. The molecule has 0 aliphatic heterocycles. The maximum absolute atomic E-state index is 13.5. The van der Waals surface area contributed by atoms with Crippen LogP contribution in [0.25, 0.3) is 0 Å². The largest absolute Gasteiger partial charge is 0.357 e. The quantitative estimate of drug-likeness (QED) is 0.588. The Hall–Kier alpha value is -1.95. The van der Waals surface area contributed by atoms with Crippen molar-refractivity contribution in [2.45, 2.75) is 38.5 Å². The zero-order valence-corrected chi connectivity index (χ0v) is 15.6. The first kappa shape index (κ1) is 17.9. The molecule has 0 unspecified atom stereocenters. The van der Waals surface area contributed by atoms with Gasteiger partial charge in [-0.2, -0.15) is 0 Å². The van der Waals surface area contributed by atoms with E-state index in [4.69, 9.17) is 4.99 Å². The lowest BCUT2D eigenvalue weighted by Gasteiger charge is -2.16. The molecule has 0 saturated heterocycles. The van der Waals surface area contributed by atoms with Gasteiger partial charge in [-0.1, -0.05) is 12.1 Å². The van der Waals surface area contributed by atoms with Crippen LogP contribution in [0.3, 0.4) is 0 Å². The van der Waals surface area contributed by atoms with Crippen LogP contribution in [0.5, 0.6) is 0 Å². The molecule has 0 atom stereocenters. The minimum Gasteiger partial charge on any atom is -0.357 e. The molecule has 2 N–H and O–H groups in total. The van der Waals surface area contributed by atoms with E-state index in [0.717, 1.165) is 54.6 Å². The number of guanidine groups is 1. The molecule has 1 aromatic heterocycles. The fraction of sp³-hybridized carbons (Fsp3) is 0.474. The van der Waals surface area contributed by atoms with Gasteiger partial charge in [0.2, 0.25) is 0 Å². The van der Waals surface area contributed by atoms with Crippen LogP contribution < -0.4 is 10.6 Å². The van der Waals surface area contributed by atoms with Crippen LogP contribution >= 0.6 is 11.3 Å². The van der Waals surface area contributed by atoms with Crippen molar-refractivity contribution in [3.05, 3.63) is 51.7 Å². The summed E-state index contributed by atoms with van der Waals surface area (Å²) in [6.07, 6.45) is 3.01. The van der Waals surface area contributed by atoms with E-state index in [1.165, 1.54) is 6.07 Å². The van der Waals surface area contributed by atoms with Gasteiger partial charge in [0.05, 0.1) is 17.2 Å². The van der Waals surface area contributed by atoms with E-state index in [9.17, 15) is 4.39 Å². The van der Waals surface area contributed by atoms with Gasteiger partial charge in [-0.15, -0.1) is 11.3 Å². The molecule has 4 nitrogen and oxygen atoms in total. The first-order valence-corrected chi connectivity index (χ1v) is 9.68. The first-order valence-electron chi connectivity index (χ1n) is 8.80. The molecule has 2 aromatic rings. The van der Waals surface area contributed by atoms with Crippen LogP contribution in [-0.2, 0) is 11.8 Å². The molecule has 1 heterocycles. The van der Waals surface area contributed by atoms with Gasteiger partial charge in [-0.05, 0) is 44.4 Å². The highest BCUT2D eigenvalue weighted by Gasteiger charge is 2.44. The maximum Gasteiger partial charge on any atom is 0.191 e. The van der Waals surface area contributed by atoms with Gasteiger partial charge >= 0.3 is 0 Å². The van der Waals surface area contributed by atoms with E-state index >= 15 is 0 Å². The zero-order chi connectivity index (χ0) is 17.7. The van der Waals surface area contributed by atoms with Crippen molar-refractivity contribution in [1.29, 1.82) is 0 Å². The fourth-order valence-corrected chi connectivity index (χ4v) is 3.56. The normalized spacial score (nSPS) is 15.9. The summed E-state index contributed by atoms with van der Waals surface area (Å²) in [5, 5.41) is 9.86. The second-order valence-corrected chi connectivity index (χ2v) is 7.58. The Bertz CT molecular complexity index is 737. The number of aliphatic imine (C=N–C) groups is 1. The first-order chi connectivity index (χ1) is 12.1. The highest BCUT2D eigenvalue weighted by atomic mass is 32.1. The maximum atomic E-state index is 13.5. The summed E-state index contributed by atoms with van der Waals surface area (Å²) in [5.41, 5.74) is 2.19. The predicted molar refractivity (Wildman–Crippen MR) is 102 cm³/mol. The Kier molecular flexibility index (Phi) is 5.68. The number of hydrogen-bond acceptors (Lipinski definition) is 3. The number of rotatable bonds is 7. The second-order valence-electron chi connectivity index (χ2n) is 6.52. The molecule has 25 heavy (non-hydrogen) atoms. The lowest BCUT2D eigenvalue weighted by atomic mass is 9.96. The summed E-state index contributed by atoms with van der Waals surface area (Å²) >= 11 is 1.68. The third-order valence-electron chi connectivity index (χ3n) is 4.51. The lowest BCUT2D eigenvalue weighted by Crippen LogP contribution is -2.39. The van der Waals surface area contributed by atoms with E-state index in [-0.39, 0.29) is 11.2 Å². The van der Waals surface area contributed by atoms with Crippen molar-refractivity contribution in [2.75, 3.05) is 19.6 Å². The lowest BCUT2D eigenvalue weighted by molar-refractivity contribution is 0.615. The minimum atomic E-state index is -0.170. The molecule has 0 amide bonds. The summed E-state index contributed by atoms with van der Waals surface area (Å²) in [7, 11) is 0. The molecule has 1 fully saturated rings. The second kappa shape index (κ2) is 7.95. The van der Waals surface area contributed by atoms with Crippen molar-refractivity contribution in [3.8, 4) is 0 Å². The van der Waals surface area contributed by atoms with Gasteiger partial charge < -0.3 is 10.6 Å². The number of nitrogens with zero attached hydrogens (tertiary/aromatic N) is 2. The summed E-state index contributed by atoms with van der Waals surface area (Å²) in [5.74, 6) is 0.647. The topological polar surface area (TPSA) is 49.3 Å². The molecule has 1 aliphatic rings. The number of aryl methyl sites for hydroxylation is 1. The molecule has 0 radical (unpaired) electrons. The van der Waals surface area contributed by atoms with Gasteiger partial charge in [0.25, 0.3) is 0 Å². The number of hydrogen-bond donors (Lipinski definition) is 2. The summed E-state index contributed by atoms with van der Waals surface area (Å²) in [4.78, 5) is 9.22. The van der Waals surface area contributed by atoms with E-state index in [1.807, 2.05) is 13.0 Å². The van der Waals surface area contributed by atoms with Crippen LogP contribution in [-0.4, -0.2) is 30.6 Å². The Morgan fingerprint density at radius 3 is 2.84 bits per heavy atom. The third-order valence-corrected chi connectivity index (χ3v) is 5.34. The molecule has 134 valence electrons. The molecule has 1 aromatic carbocycles. The van der Waals surface area contributed by atoms with E-state index < -0.39 is 0 Å². The summed E-state index contributed by atoms with van der Waals surface area (Å²) in [6.45, 7) is 6.37. The Morgan fingerprint density at radius 1 is 1.36 bits per heavy atom. The molecule has 1 aliphatic carbocycles. The minimum absolute atomic E-state index is 0.0104. The van der Waals surface area contributed by atoms with Crippen molar-refractivity contribution in [1.82, 2.24) is 15.6 Å². The van der Waals surface area contributed by atoms with Crippen molar-refractivity contribution >= 4 is 17.3 Å². The van der Waals surface area contributed by atoms with Gasteiger partial charge in [-0.3, -0.25) is 4.99 Å². The standard InChI is InChI=1S/C19H25FN4S/c1-3-21-18(22-10-7-17-12-25-14(2)24-17)23-13-19(8-9-19)15-5-4-6-16(20)11-15/h4-6,11-12H,3,7-10,13H2,1-2H3,(H2,21,22,23). The van der Waals surface area contributed by atoms with Gasteiger partial charge in [0.15, 0.2) is 5.96 Å². The monoisotopic (exact) mass is 360 g/mol. The Labute approximate surface area is 152 Å². The molecule has 3 rings (SSSR count). The van der Waals surface area contributed by atoms with Gasteiger partial charge in [-0.25, -0.2) is 9.37 Å². The average molecular weight is 361 g/mol. The molecule has 0 spiro atoms. The Balaban J connectivity index is 1.58. The van der Waals surface area contributed by atoms with Crippen LogP contribution in [0.1, 0.15) is 36.0 Å². The van der Waals surface area contributed by atoms with Gasteiger partial charge in [0, 0.05) is 30.3 Å². The Morgan fingerprint density at radius 2 is 2.20 bits per heavy atom. The van der Waals surface area contributed by atoms with E-state index in [2.05, 4.69) is 27.9 Å². The molecular weight excluding hydrogens is 335 g/mol. The smallest absolute Gasteiger partial charge is 0.191 e. The zero-order valence-electron chi connectivity index (χ0n) is 14.8. The number of benzene rings is 1. The summed E-state index contributed by atoms with van der Waals surface area (Å²) in [6, 6.07) is 6.94. The summed E-state index contributed by atoms with van der Waals surface area (Å²) < 4.78 is 13.5. The number of halogens is 1. The van der Waals surface area contributed by atoms with Gasteiger partial charge in [0.1, 0.15) is 5.82 Å². The van der Waals surface area contributed by atoms with Crippen LogP contribution in [0.2, 0.25) is 0 Å². The fourth-order valence-electron chi connectivity index (χ4n) is 2.91. The van der Waals surface area contributed by atoms with Crippen LogP contribution in [0, 0.1) is 12.7 Å². The molecule has 6 heteroatoms. The SMILES string of the molecule is CCNC(=NCC1(c2cccc(F)c2)CC1)NCCc1csc(C)n1. The molecule has 0 bridgehead atoms. The van der Waals surface area contributed by atoms with E-state index in [0.29, 0.717) is 6.54 Å². The highest BCUT2D eigenvalue weighted by Crippen LogP contribution is 2.48. The van der Waals surface area contributed by atoms with Crippen LogP contribution in [0.4, 0.5) is 4.39 Å².